The molecule has 1 aliphatic rings. The first-order valence-corrected chi connectivity index (χ1v) is 8.38. The zero-order valence-electron chi connectivity index (χ0n) is 13.3. The Balaban J connectivity index is 1.60. The smallest absolute Gasteiger partial charge is 0.246 e. The van der Waals surface area contributed by atoms with Crippen LogP contribution in [0.2, 0.25) is 5.02 Å². The number of benzene rings is 1. The van der Waals surface area contributed by atoms with Gasteiger partial charge in [-0.05, 0) is 24.5 Å². The summed E-state index contributed by atoms with van der Waals surface area (Å²) in [7, 11) is 0. The lowest BCUT2D eigenvalue weighted by Crippen LogP contribution is -2.43. The minimum absolute atomic E-state index is 0.00739. The molecule has 1 unspecified atom stereocenters. The van der Waals surface area contributed by atoms with Crippen molar-refractivity contribution in [2.24, 2.45) is 0 Å². The third-order valence-electron chi connectivity index (χ3n) is 3.94. The van der Waals surface area contributed by atoms with E-state index in [4.69, 9.17) is 16.3 Å². The van der Waals surface area contributed by atoms with Gasteiger partial charge in [0.1, 0.15) is 16.9 Å². The number of amides is 1. The van der Waals surface area contributed by atoms with E-state index in [0.717, 1.165) is 24.9 Å². The Hall–Kier alpha value is -2.33. The zero-order chi connectivity index (χ0) is 16.8. The Morgan fingerprint density at radius 3 is 2.92 bits per heavy atom. The molecule has 1 aliphatic heterocycles. The summed E-state index contributed by atoms with van der Waals surface area (Å²) in [5, 5.41) is 0.491. The predicted octanol–water partition coefficient (Wildman–Crippen LogP) is 3.82. The summed E-state index contributed by atoms with van der Waals surface area (Å²) >= 11 is 6.08. The molecule has 4 nitrogen and oxygen atoms in total. The van der Waals surface area contributed by atoms with E-state index in [-0.39, 0.29) is 12.0 Å². The van der Waals surface area contributed by atoms with Crippen LogP contribution in [0.1, 0.15) is 18.4 Å². The number of hydrogen-bond acceptors (Lipinski definition) is 3. The Morgan fingerprint density at radius 1 is 1.29 bits per heavy atom. The summed E-state index contributed by atoms with van der Waals surface area (Å²) in [5.41, 5.74) is 1.01. The van der Waals surface area contributed by atoms with Gasteiger partial charge in [-0.25, -0.2) is 0 Å². The largest absolute Gasteiger partial charge is 0.487 e. The molecule has 5 heteroatoms. The molecule has 0 saturated carbocycles. The average Bonchev–Trinajstić information content (AvgIpc) is 2.63. The molecule has 0 N–H and O–H groups in total. The fourth-order valence-electron chi connectivity index (χ4n) is 2.71. The topological polar surface area (TPSA) is 42.4 Å². The number of likely N-dealkylation sites (tertiary alicyclic amines) is 1. The van der Waals surface area contributed by atoms with Crippen molar-refractivity contribution in [3.05, 3.63) is 65.5 Å². The average molecular weight is 343 g/mol. The van der Waals surface area contributed by atoms with E-state index in [1.165, 1.54) is 0 Å². The van der Waals surface area contributed by atoms with Crippen molar-refractivity contribution in [2.45, 2.75) is 18.9 Å². The first-order chi connectivity index (χ1) is 11.7. The SMILES string of the molecule is O=C(/C=C/c1ccccc1)N1CCCC(Oc2ccncc2Cl)C1. The second-order valence-electron chi connectivity index (χ2n) is 5.72. The highest BCUT2D eigenvalue weighted by Gasteiger charge is 2.24. The second kappa shape index (κ2) is 7.97. The van der Waals surface area contributed by atoms with Crippen LogP contribution in [0.4, 0.5) is 0 Å². The van der Waals surface area contributed by atoms with Crippen LogP contribution in [-0.4, -0.2) is 35.0 Å². The number of carbonyl (C=O) groups is 1. The summed E-state index contributed by atoms with van der Waals surface area (Å²) in [6, 6.07) is 11.5. The highest BCUT2D eigenvalue weighted by Crippen LogP contribution is 2.25. The summed E-state index contributed by atoms with van der Waals surface area (Å²) < 4.78 is 5.94. The van der Waals surface area contributed by atoms with Crippen molar-refractivity contribution in [1.29, 1.82) is 0 Å². The van der Waals surface area contributed by atoms with Gasteiger partial charge >= 0.3 is 0 Å². The molecular weight excluding hydrogens is 324 g/mol. The fourth-order valence-corrected chi connectivity index (χ4v) is 2.87. The van der Waals surface area contributed by atoms with Crippen LogP contribution < -0.4 is 4.74 Å². The van der Waals surface area contributed by atoms with E-state index in [1.807, 2.05) is 41.3 Å². The lowest BCUT2D eigenvalue weighted by Gasteiger charge is -2.32. The van der Waals surface area contributed by atoms with Crippen molar-refractivity contribution < 1.29 is 9.53 Å². The van der Waals surface area contributed by atoms with Crippen molar-refractivity contribution in [2.75, 3.05) is 13.1 Å². The lowest BCUT2D eigenvalue weighted by molar-refractivity contribution is -0.128. The van der Waals surface area contributed by atoms with Crippen molar-refractivity contribution >= 4 is 23.6 Å². The second-order valence-corrected chi connectivity index (χ2v) is 6.12. The number of carbonyl (C=O) groups excluding carboxylic acids is 1. The molecule has 1 amide bonds. The quantitative estimate of drug-likeness (QED) is 0.793. The molecule has 1 atom stereocenters. The molecule has 1 fully saturated rings. The van der Waals surface area contributed by atoms with Crippen LogP contribution in [0.3, 0.4) is 0 Å². The van der Waals surface area contributed by atoms with Gasteiger partial charge < -0.3 is 9.64 Å². The molecule has 0 spiro atoms. The van der Waals surface area contributed by atoms with Crippen molar-refractivity contribution in [3.8, 4) is 5.75 Å². The third kappa shape index (κ3) is 4.36. The van der Waals surface area contributed by atoms with Crippen LogP contribution in [-0.2, 0) is 4.79 Å². The van der Waals surface area contributed by atoms with Crippen molar-refractivity contribution in [1.82, 2.24) is 9.88 Å². The maximum absolute atomic E-state index is 12.4. The highest BCUT2D eigenvalue weighted by molar-refractivity contribution is 6.31. The molecule has 0 aliphatic carbocycles. The highest BCUT2D eigenvalue weighted by atomic mass is 35.5. The standard InChI is InChI=1S/C19H19ClN2O2/c20-17-13-21-11-10-18(17)24-16-7-4-12-22(14-16)19(23)9-8-15-5-2-1-3-6-15/h1-3,5-6,8-11,13,16H,4,7,12,14H2/b9-8+. The maximum Gasteiger partial charge on any atom is 0.246 e. The molecule has 1 aromatic carbocycles. The first kappa shape index (κ1) is 16.5. The van der Waals surface area contributed by atoms with Gasteiger partial charge in [0.25, 0.3) is 0 Å². The lowest BCUT2D eigenvalue weighted by atomic mass is 10.1. The van der Waals surface area contributed by atoms with E-state index >= 15 is 0 Å². The molecule has 24 heavy (non-hydrogen) atoms. The molecule has 1 saturated heterocycles. The van der Waals surface area contributed by atoms with Gasteiger partial charge in [0, 0.05) is 31.1 Å². The van der Waals surface area contributed by atoms with E-state index < -0.39 is 0 Å². The normalized spacial score (nSPS) is 17.9. The molecule has 2 aromatic rings. The molecule has 0 radical (unpaired) electrons. The summed E-state index contributed by atoms with van der Waals surface area (Å²) in [6.45, 7) is 1.32. The Kier molecular flexibility index (Phi) is 5.49. The monoisotopic (exact) mass is 342 g/mol. The van der Waals surface area contributed by atoms with Crippen LogP contribution in [0, 0.1) is 0 Å². The molecular formula is C19H19ClN2O2. The fraction of sp³-hybridized carbons (Fsp3) is 0.263. The predicted molar refractivity (Wildman–Crippen MR) is 95.0 cm³/mol. The summed E-state index contributed by atoms with van der Waals surface area (Å²) in [4.78, 5) is 18.2. The van der Waals surface area contributed by atoms with E-state index in [2.05, 4.69) is 4.98 Å². The van der Waals surface area contributed by atoms with Crippen LogP contribution in [0.25, 0.3) is 6.08 Å². The van der Waals surface area contributed by atoms with Crippen LogP contribution in [0.5, 0.6) is 5.75 Å². The first-order valence-electron chi connectivity index (χ1n) is 8.00. The molecule has 2 heterocycles. The van der Waals surface area contributed by atoms with Crippen LogP contribution in [0.15, 0.2) is 54.9 Å². The maximum atomic E-state index is 12.4. The summed E-state index contributed by atoms with van der Waals surface area (Å²) in [6.07, 6.45) is 8.45. The third-order valence-corrected chi connectivity index (χ3v) is 4.22. The van der Waals surface area contributed by atoms with Gasteiger partial charge in [-0.1, -0.05) is 41.9 Å². The molecule has 0 bridgehead atoms. The van der Waals surface area contributed by atoms with Gasteiger partial charge in [0.15, 0.2) is 0 Å². The minimum Gasteiger partial charge on any atom is -0.487 e. The summed E-state index contributed by atoms with van der Waals surface area (Å²) in [5.74, 6) is 0.624. The van der Waals surface area contributed by atoms with Gasteiger partial charge in [-0.2, -0.15) is 0 Å². The van der Waals surface area contributed by atoms with Gasteiger partial charge in [0.2, 0.25) is 5.91 Å². The van der Waals surface area contributed by atoms with Crippen LogP contribution >= 0.6 is 11.6 Å². The number of halogens is 1. The molecule has 1 aromatic heterocycles. The minimum atomic E-state index is -0.0484. The number of piperidine rings is 1. The van der Waals surface area contributed by atoms with Gasteiger partial charge in [-0.3, -0.25) is 9.78 Å². The van der Waals surface area contributed by atoms with Gasteiger partial charge in [-0.15, -0.1) is 0 Å². The van der Waals surface area contributed by atoms with E-state index in [9.17, 15) is 4.79 Å². The van der Waals surface area contributed by atoms with Gasteiger partial charge in [0.05, 0.1) is 6.54 Å². The number of ether oxygens (including phenoxy) is 1. The van der Waals surface area contributed by atoms with E-state index in [0.29, 0.717) is 17.3 Å². The number of pyridine rings is 1. The van der Waals surface area contributed by atoms with Crippen molar-refractivity contribution in [3.63, 3.8) is 0 Å². The molecule has 3 rings (SSSR count). The number of aromatic nitrogens is 1. The number of nitrogens with zero attached hydrogens (tertiary/aromatic N) is 2. The number of hydrogen-bond donors (Lipinski definition) is 0. The Labute approximate surface area is 146 Å². The number of rotatable bonds is 4. The molecule has 124 valence electrons. The van der Waals surface area contributed by atoms with E-state index in [1.54, 1.807) is 24.5 Å². The Morgan fingerprint density at radius 2 is 2.12 bits per heavy atom. The zero-order valence-corrected chi connectivity index (χ0v) is 14.0. The Bertz CT molecular complexity index is 718.